The molecule has 1 saturated heterocycles. The highest BCUT2D eigenvalue weighted by molar-refractivity contribution is 5.79. The van der Waals surface area contributed by atoms with E-state index in [1.54, 1.807) is 0 Å². The zero-order valence-corrected chi connectivity index (χ0v) is 12.1. The highest BCUT2D eigenvalue weighted by Gasteiger charge is 2.25. The van der Waals surface area contributed by atoms with E-state index in [-0.39, 0.29) is 11.8 Å². The number of carbonyl (C=O) groups is 1. The summed E-state index contributed by atoms with van der Waals surface area (Å²) in [5.74, 6) is 0.412. The van der Waals surface area contributed by atoms with Gasteiger partial charge in [0.05, 0.1) is 5.92 Å². The third-order valence-electron chi connectivity index (χ3n) is 3.87. The van der Waals surface area contributed by atoms with E-state index in [1.807, 2.05) is 0 Å². The number of hydrogen-bond acceptors (Lipinski definition) is 3. The maximum atomic E-state index is 12.1. The minimum absolute atomic E-state index is 0.0429. The molecule has 1 fully saturated rings. The van der Waals surface area contributed by atoms with Crippen molar-refractivity contribution >= 4 is 5.91 Å². The van der Waals surface area contributed by atoms with Crippen molar-refractivity contribution in [1.29, 1.82) is 0 Å². The second-order valence-electron chi connectivity index (χ2n) is 5.71. The Morgan fingerprint density at radius 1 is 1.39 bits per heavy atom. The van der Waals surface area contributed by atoms with E-state index in [2.05, 4.69) is 31.0 Å². The first-order valence-corrected chi connectivity index (χ1v) is 7.31. The van der Waals surface area contributed by atoms with Crippen LogP contribution in [0.5, 0.6) is 0 Å². The van der Waals surface area contributed by atoms with Gasteiger partial charge in [0.2, 0.25) is 5.91 Å². The van der Waals surface area contributed by atoms with Crippen molar-refractivity contribution in [3.05, 3.63) is 0 Å². The summed E-state index contributed by atoms with van der Waals surface area (Å²) >= 11 is 0. The molecule has 106 valence electrons. The van der Waals surface area contributed by atoms with Gasteiger partial charge >= 0.3 is 0 Å². The number of amides is 1. The van der Waals surface area contributed by atoms with Gasteiger partial charge in [-0.05, 0) is 31.7 Å². The minimum atomic E-state index is -0.0429. The van der Waals surface area contributed by atoms with Crippen LogP contribution >= 0.6 is 0 Å². The van der Waals surface area contributed by atoms with E-state index in [0.717, 1.165) is 25.9 Å². The molecule has 0 aliphatic carbocycles. The Kier molecular flexibility index (Phi) is 6.65. The average Bonchev–Trinajstić information content (AvgIpc) is 2.32. The Balaban J connectivity index is 2.34. The maximum Gasteiger partial charge on any atom is 0.224 e. The molecule has 3 N–H and O–H groups in total. The normalized spacial score (nSPS) is 20.1. The lowest BCUT2D eigenvalue weighted by atomic mass is 9.94. The Morgan fingerprint density at radius 3 is 2.44 bits per heavy atom. The molecule has 1 heterocycles. The second-order valence-corrected chi connectivity index (χ2v) is 5.71. The SMILES string of the molecule is CCCN1CCC(NC(=O)C(CN)C(C)C)CC1. The van der Waals surface area contributed by atoms with Crippen molar-refractivity contribution in [3.8, 4) is 0 Å². The molecule has 1 atom stereocenters. The number of nitrogens with zero attached hydrogens (tertiary/aromatic N) is 1. The molecule has 1 rings (SSSR count). The highest BCUT2D eigenvalue weighted by Crippen LogP contribution is 2.14. The largest absolute Gasteiger partial charge is 0.353 e. The molecule has 0 bridgehead atoms. The summed E-state index contributed by atoms with van der Waals surface area (Å²) in [6.45, 7) is 10.2. The maximum absolute atomic E-state index is 12.1. The lowest BCUT2D eigenvalue weighted by molar-refractivity contribution is -0.127. The predicted octanol–water partition coefficient (Wildman–Crippen LogP) is 1.21. The molecule has 0 aromatic carbocycles. The summed E-state index contributed by atoms with van der Waals surface area (Å²) in [5, 5.41) is 3.17. The fourth-order valence-corrected chi connectivity index (χ4v) is 2.61. The van der Waals surface area contributed by atoms with Crippen LogP contribution in [0.4, 0.5) is 0 Å². The van der Waals surface area contributed by atoms with Crippen LogP contribution in [0.1, 0.15) is 40.0 Å². The van der Waals surface area contributed by atoms with Crippen molar-refractivity contribution in [3.63, 3.8) is 0 Å². The smallest absolute Gasteiger partial charge is 0.224 e. The van der Waals surface area contributed by atoms with Gasteiger partial charge < -0.3 is 16.0 Å². The number of hydrogen-bond donors (Lipinski definition) is 2. The van der Waals surface area contributed by atoms with Crippen LogP contribution in [0, 0.1) is 11.8 Å². The van der Waals surface area contributed by atoms with Gasteiger partial charge in [-0.25, -0.2) is 0 Å². The van der Waals surface area contributed by atoms with Gasteiger partial charge in [0.25, 0.3) is 0 Å². The molecular formula is C14H29N3O. The van der Waals surface area contributed by atoms with E-state index in [0.29, 0.717) is 18.5 Å². The van der Waals surface area contributed by atoms with Crippen LogP contribution in [0.3, 0.4) is 0 Å². The predicted molar refractivity (Wildman–Crippen MR) is 75.3 cm³/mol. The fourth-order valence-electron chi connectivity index (χ4n) is 2.61. The van der Waals surface area contributed by atoms with Crippen LogP contribution in [0.15, 0.2) is 0 Å². The molecule has 0 radical (unpaired) electrons. The van der Waals surface area contributed by atoms with Gasteiger partial charge in [-0.2, -0.15) is 0 Å². The van der Waals surface area contributed by atoms with E-state index >= 15 is 0 Å². The van der Waals surface area contributed by atoms with Gasteiger partial charge in [-0.1, -0.05) is 20.8 Å². The number of nitrogens with two attached hydrogens (primary N) is 1. The lowest BCUT2D eigenvalue weighted by Crippen LogP contribution is -2.48. The molecule has 0 spiro atoms. The molecule has 18 heavy (non-hydrogen) atoms. The van der Waals surface area contributed by atoms with Crippen molar-refractivity contribution < 1.29 is 4.79 Å². The van der Waals surface area contributed by atoms with E-state index in [4.69, 9.17) is 5.73 Å². The zero-order valence-electron chi connectivity index (χ0n) is 12.1. The van der Waals surface area contributed by atoms with Crippen LogP contribution in [0.25, 0.3) is 0 Å². The molecule has 0 aromatic heterocycles. The number of carbonyl (C=O) groups excluding carboxylic acids is 1. The van der Waals surface area contributed by atoms with Crippen molar-refractivity contribution in [1.82, 2.24) is 10.2 Å². The first kappa shape index (κ1) is 15.4. The summed E-state index contributed by atoms with van der Waals surface area (Å²) in [6, 6.07) is 0.346. The van der Waals surface area contributed by atoms with Gasteiger partial charge in [-0.3, -0.25) is 4.79 Å². The number of piperidine rings is 1. The lowest BCUT2D eigenvalue weighted by Gasteiger charge is -2.33. The quantitative estimate of drug-likeness (QED) is 0.750. The standard InChI is InChI=1S/C14H29N3O/c1-4-7-17-8-5-12(6-9-17)16-14(18)13(10-15)11(2)3/h11-13H,4-10,15H2,1-3H3,(H,16,18). The molecule has 1 unspecified atom stereocenters. The summed E-state index contributed by atoms with van der Waals surface area (Å²) in [4.78, 5) is 14.6. The summed E-state index contributed by atoms with van der Waals surface area (Å²) < 4.78 is 0. The Labute approximate surface area is 111 Å². The first-order valence-electron chi connectivity index (χ1n) is 7.31. The topological polar surface area (TPSA) is 58.4 Å². The van der Waals surface area contributed by atoms with Crippen molar-refractivity contribution in [2.75, 3.05) is 26.2 Å². The van der Waals surface area contributed by atoms with Crippen LogP contribution in [-0.2, 0) is 4.79 Å². The first-order chi connectivity index (χ1) is 8.58. The summed E-state index contributed by atoms with van der Waals surface area (Å²) in [7, 11) is 0. The Bertz CT molecular complexity index is 247. The molecule has 1 amide bonds. The molecule has 0 saturated carbocycles. The highest BCUT2D eigenvalue weighted by atomic mass is 16.2. The van der Waals surface area contributed by atoms with Crippen LogP contribution in [-0.4, -0.2) is 43.0 Å². The van der Waals surface area contributed by atoms with Gasteiger partial charge in [-0.15, -0.1) is 0 Å². The Hall–Kier alpha value is -0.610. The number of rotatable bonds is 6. The molecule has 0 aromatic rings. The van der Waals surface area contributed by atoms with Crippen LogP contribution < -0.4 is 11.1 Å². The summed E-state index contributed by atoms with van der Waals surface area (Å²) in [5.41, 5.74) is 5.67. The van der Waals surface area contributed by atoms with Gasteiger partial charge in [0.1, 0.15) is 0 Å². The molecule has 1 aliphatic rings. The molecule has 1 aliphatic heterocycles. The third kappa shape index (κ3) is 4.58. The zero-order chi connectivity index (χ0) is 13.5. The van der Waals surface area contributed by atoms with Crippen molar-refractivity contribution in [2.45, 2.75) is 46.1 Å². The van der Waals surface area contributed by atoms with E-state index in [1.165, 1.54) is 13.0 Å². The third-order valence-corrected chi connectivity index (χ3v) is 3.87. The fraction of sp³-hybridized carbons (Fsp3) is 0.929. The Morgan fingerprint density at radius 2 is 2.00 bits per heavy atom. The van der Waals surface area contributed by atoms with Gasteiger partial charge in [0.15, 0.2) is 0 Å². The van der Waals surface area contributed by atoms with E-state index < -0.39 is 0 Å². The average molecular weight is 255 g/mol. The number of nitrogens with one attached hydrogen (secondary N) is 1. The van der Waals surface area contributed by atoms with E-state index in [9.17, 15) is 4.79 Å². The minimum Gasteiger partial charge on any atom is -0.353 e. The molecule has 4 nitrogen and oxygen atoms in total. The van der Waals surface area contributed by atoms with Crippen LogP contribution in [0.2, 0.25) is 0 Å². The number of likely N-dealkylation sites (tertiary alicyclic amines) is 1. The summed E-state index contributed by atoms with van der Waals surface area (Å²) in [6.07, 6.45) is 3.35. The molecular weight excluding hydrogens is 226 g/mol. The van der Waals surface area contributed by atoms with Crippen molar-refractivity contribution in [2.24, 2.45) is 17.6 Å². The molecule has 4 heteroatoms. The second kappa shape index (κ2) is 7.74. The van der Waals surface area contributed by atoms with Gasteiger partial charge in [0, 0.05) is 25.7 Å². The monoisotopic (exact) mass is 255 g/mol.